The number of carbonyl (C=O) groups excluding carboxylic acids is 1. The van der Waals surface area contributed by atoms with Crippen LogP contribution in [0.4, 0.5) is 0 Å². The molecule has 1 aliphatic heterocycles. The maximum atomic E-state index is 13.8. The molecule has 0 unspecified atom stereocenters. The van der Waals surface area contributed by atoms with E-state index in [0.29, 0.717) is 0 Å². The van der Waals surface area contributed by atoms with Crippen LogP contribution in [0.2, 0.25) is 0 Å². The molecule has 1 saturated carbocycles. The second-order valence-electron chi connectivity index (χ2n) is 8.85. The maximum Gasteiger partial charge on any atom is 0.233 e. The molecule has 0 radical (unpaired) electrons. The molecule has 3 aromatic rings. The summed E-state index contributed by atoms with van der Waals surface area (Å²) in [6.45, 7) is 3.16. The van der Waals surface area contributed by atoms with Crippen LogP contribution in [0, 0.1) is 0 Å². The number of fused-ring (bicyclic) bond motifs is 1. The van der Waals surface area contributed by atoms with Crippen LogP contribution in [-0.2, 0) is 10.2 Å². The molecule has 1 aromatic heterocycles. The van der Waals surface area contributed by atoms with E-state index < -0.39 is 5.41 Å². The van der Waals surface area contributed by atoms with E-state index >= 15 is 0 Å². The van der Waals surface area contributed by atoms with Gasteiger partial charge in [-0.3, -0.25) is 9.78 Å². The molecule has 2 aromatic carbocycles. The Bertz CT molecular complexity index is 1050. The van der Waals surface area contributed by atoms with Gasteiger partial charge in [-0.25, -0.2) is 0 Å². The first-order valence-corrected chi connectivity index (χ1v) is 11.1. The highest BCUT2D eigenvalue weighted by Crippen LogP contribution is 2.50. The number of likely N-dealkylation sites (N-methyl/N-ethyl adjacent to an activating group) is 1. The largest absolute Gasteiger partial charge is 0.337 e. The van der Waals surface area contributed by atoms with Crippen LogP contribution in [0.1, 0.15) is 42.9 Å². The Labute approximate surface area is 203 Å². The van der Waals surface area contributed by atoms with Crippen LogP contribution < -0.4 is 0 Å². The molecule has 170 valence electrons. The monoisotopic (exact) mass is 469 g/mol. The highest BCUT2D eigenvalue weighted by molar-refractivity contribution is 7.59. The first kappa shape index (κ1) is 24.6. The normalized spacial score (nSPS) is 17.8. The van der Waals surface area contributed by atoms with Crippen molar-refractivity contribution in [1.29, 1.82) is 0 Å². The predicted molar refractivity (Wildman–Crippen MR) is 138 cm³/mol. The molecule has 4 nitrogen and oxygen atoms in total. The number of benzene rings is 2. The van der Waals surface area contributed by atoms with Gasteiger partial charge in [0.15, 0.2) is 0 Å². The third-order valence-corrected chi connectivity index (χ3v) is 6.90. The van der Waals surface area contributed by atoms with E-state index in [-0.39, 0.29) is 37.9 Å². The van der Waals surface area contributed by atoms with Gasteiger partial charge in [0.1, 0.15) is 0 Å². The smallest absolute Gasteiger partial charge is 0.233 e. The average molecular weight is 470 g/mol. The Kier molecular flexibility index (Phi) is 7.86. The molecule has 1 amide bonds. The summed E-state index contributed by atoms with van der Waals surface area (Å²) in [6.07, 6.45) is 6.24. The van der Waals surface area contributed by atoms with Crippen LogP contribution in [0.3, 0.4) is 0 Å². The van der Waals surface area contributed by atoms with Crippen LogP contribution in [0.25, 0.3) is 10.9 Å². The minimum Gasteiger partial charge on any atom is -0.337 e. The Morgan fingerprint density at radius 2 is 1.72 bits per heavy atom. The summed E-state index contributed by atoms with van der Waals surface area (Å²) in [6, 6.07) is 20.9. The summed E-state index contributed by atoms with van der Waals surface area (Å²) < 4.78 is 0. The van der Waals surface area contributed by atoms with E-state index in [1.54, 1.807) is 0 Å². The molecule has 2 fully saturated rings. The van der Waals surface area contributed by atoms with E-state index in [2.05, 4.69) is 46.3 Å². The predicted octanol–water partition coefficient (Wildman–Crippen LogP) is 5.10. The summed E-state index contributed by atoms with van der Waals surface area (Å²) in [7, 11) is 1.99. The minimum atomic E-state index is -0.413. The molecule has 1 aliphatic carbocycles. The minimum absolute atomic E-state index is 0. The molecule has 1 atom stereocenters. The number of likely N-dealkylation sites (tertiary alicyclic amines) is 1. The summed E-state index contributed by atoms with van der Waals surface area (Å²) in [5.74, 6) is 0.229. The lowest BCUT2D eigenvalue weighted by atomic mass is 9.93. The van der Waals surface area contributed by atoms with E-state index in [4.69, 9.17) is 0 Å². The van der Waals surface area contributed by atoms with Crippen molar-refractivity contribution in [2.45, 2.75) is 37.1 Å². The molecule has 5 rings (SSSR count). The van der Waals surface area contributed by atoms with Crippen LogP contribution >= 0.6 is 25.9 Å². The van der Waals surface area contributed by atoms with Crippen molar-refractivity contribution in [2.75, 3.05) is 26.7 Å². The lowest BCUT2D eigenvalue weighted by Crippen LogP contribution is -2.43. The van der Waals surface area contributed by atoms with E-state index in [1.807, 2.05) is 42.4 Å². The number of halogens is 1. The van der Waals surface area contributed by atoms with E-state index in [9.17, 15) is 4.79 Å². The third-order valence-electron chi connectivity index (χ3n) is 6.90. The first-order valence-electron chi connectivity index (χ1n) is 11.1. The number of carbonyl (C=O) groups is 1. The van der Waals surface area contributed by atoms with Gasteiger partial charge in [-0.1, -0.05) is 48.5 Å². The highest BCUT2D eigenvalue weighted by atomic mass is 35.5. The van der Waals surface area contributed by atoms with Gasteiger partial charge < -0.3 is 9.80 Å². The fourth-order valence-electron chi connectivity index (χ4n) is 4.90. The summed E-state index contributed by atoms with van der Waals surface area (Å²) in [5, 5.41) is 1.11. The number of hydrogen-bond donors (Lipinski definition) is 0. The summed E-state index contributed by atoms with van der Waals surface area (Å²) in [5.41, 5.74) is 2.84. The number of rotatable bonds is 6. The fourth-order valence-corrected chi connectivity index (χ4v) is 4.90. The number of amides is 1. The van der Waals surface area contributed by atoms with Gasteiger partial charge in [0.05, 0.1) is 17.0 Å². The van der Waals surface area contributed by atoms with Gasteiger partial charge in [0.25, 0.3) is 0 Å². The van der Waals surface area contributed by atoms with Gasteiger partial charge in [0.2, 0.25) is 5.91 Å². The Morgan fingerprint density at radius 1 is 1.06 bits per heavy atom. The number of hydrogen-bond acceptors (Lipinski definition) is 3. The van der Waals surface area contributed by atoms with Gasteiger partial charge in [-0.2, -0.15) is 13.5 Å². The van der Waals surface area contributed by atoms with Gasteiger partial charge in [0, 0.05) is 25.2 Å². The van der Waals surface area contributed by atoms with Crippen molar-refractivity contribution in [3.63, 3.8) is 0 Å². The maximum absolute atomic E-state index is 13.8. The van der Waals surface area contributed by atoms with E-state index in [0.717, 1.165) is 48.9 Å². The Balaban J connectivity index is 0.00000144. The molecule has 32 heavy (non-hydrogen) atoms. The molecule has 0 spiro atoms. The molecular weight excluding hydrogens is 438 g/mol. The van der Waals surface area contributed by atoms with Gasteiger partial charge >= 0.3 is 0 Å². The zero-order chi connectivity index (χ0) is 20.6. The van der Waals surface area contributed by atoms with Crippen LogP contribution in [0.5, 0.6) is 0 Å². The van der Waals surface area contributed by atoms with E-state index in [1.165, 1.54) is 18.4 Å². The highest BCUT2D eigenvalue weighted by Gasteiger charge is 2.53. The van der Waals surface area contributed by atoms with Gasteiger partial charge in [-0.05, 0) is 62.0 Å². The number of para-hydroxylation sites is 1. The number of aromatic nitrogens is 1. The molecule has 6 heteroatoms. The number of pyridine rings is 1. The van der Waals surface area contributed by atoms with Crippen molar-refractivity contribution in [1.82, 2.24) is 14.8 Å². The first-order chi connectivity index (χ1) is 14.7. The van der Waals surface area contributed by atoms with Crippen LogP contribution in [-0.4, -0.2) is 47.4 Å². The molecular formula is C26H32ClN3OS. The second kappa shape index (κ2) is 10.2. The second-order valence-corrected chi connectivity index (χ2v) is 8.85. The fraction of sp³-hybridized carbons (Fsp3) is 0.385. The molecule has 1 saturated heterocycles. The summed E-state index contributed by atoms with van der Waals surface area (Å²) >= 11 is 0. The van der Waals surface area contributed by atoms with Crippen molar-refractivity contribution >= 4 is 42.7 Å². The lowest BCUT2D eigenvalue weighted by molar-refractivity contribution is -0.135. The zero-order valence-corrected chi connectivity index (χ0v) is 20.4. The zero-order valence-electron chi connectivity index (χ0n) is 18.5. The van der Waals surface area contributed by atoms with Crippen molar-refractivity contribution in [3.8, 4) is 0 Å². The molecule has 2 aliphatic rings. The molecule has 0 N–H and O–H groups in total. The van der Waals surface area contributed by atoms with Crippen molar-refractivity contribution < 1.29 is 4.79 Å². The molecule has 0 bridgehead atoms. The summed E-state index contributed by atoms with van der Waals surface area (Å²) in [4.78, 5) is 23.0. The third kappa shape index (κ3) is 4.66. The molecule has 2 heterocycles. The van der Waals surface area contributed by atoms with Gasteiger partial charge in [-0.15, -0.1) is 12.4 Å². The van der Waals surface area contributed by atoms with Crippen molar-refractivity contribution in [3.05, 3.63) is 78.0 Å². The SMILES string of the molecule is CN(C(=O)C1(c2cnc3ccccc3c2)CC1)[C@H](CN1CCCC1)c1ccccc1.Cl.S. The quantitative estimate of drug-likeness (QED) is 0.504. The Hall–Kier alpha value is -2.08. The topological polar surface area (TPSA) is 36.4 Å². The standard InChI is InChI=1S/C26H29N3O.ClH.H2S/c1-28(24(19-29-15-7-8-16-29)20-9-3-2-4-10-20)25(30)26(13-14-26)22-17-21-11-5-6-12-23(21)27-18-22;;/h2-6,9-12,17-18,24H,7-8,13-16,19H2,1H3;1H;1H2/t24-;;/m1../s1. The average Bonchev–Trinajstić information content (AvgIpc) is 3.45. The van der Waals surface area contributed by atoms with Crippen molar-refractivity contribution in [2.24, 2.45) is 0 Å². The lowest BCUT2D eigenvalue weighted by Gasteiger charge is -2.34. The van der Waals surface area contributed by atoms with Crippen LogP contribution in [0.15, 0.2) is 66.9 Å². The number of nitrogens with zero attached hydrogens (tertiary/aromatic N) is 3. The Morgan fingerprint density at radius 3 is 2.41 bits per heavy atom.